The van der Waals surface area contributed by atoms with E-state index in [9.17, 15) is 0 Å². The van der Waals surface area contributed by atoms with Gasteiger partial charge in [-0.3, -0.25) is 0 Å². The largest absolute Gasteiger partial charge is 0.143 e. The van der Waals surface area contributed by atoms with Crippen LogP contribution in [0.3, 0.4) is 0 Å². The number of hydrogen-bond acceptors (Lipinski definition) is 1. The van der Waals surface area contributed by atoms with Crippen LogP contribution in [0.15, 0.2) is 58.4 Å². The van der Waals surface area contributed by atoms with E-state index in [1.807, 2.05) is 0 Å². The van der Waals surface area contributed by atoms with Crippen molar-refractivity contribution in [1.82, 2.24) is 0 Å². The predicted octanol–water partition coefficient (Wildman–Crippen LogP) is 5.97. The van der Waals surface area contributed by atoms with Crippen LogP contribution in [0.5, 0.6) is 0 Å². The molecule has 0 aliphatic heterocycles. The van der Waals surface area contributed by atoms with Crippen molar-refractivity contribution in [2.75, 3.05) is 0 Å². The van der Waals surface area contributed by atoms with Crippen LogP contribution in [0.4, 0.5) is 0 Å². The van der Waals surface area contributed by atoms with Crippen molar-refractivity contribution in [3.8, 4) is 0 Å². The molecule has 0 N–H and O–H groups in total. The van der Waals surface area contributed by atoms with E-state index in [1.165, 1.54) is 36.1 Å². The zero-order valence-electron chi connectivity index (χ0n) is 9.48. The first-order valence-corrected chi connectivity index (χ1v) is 7.48. The average Bonchev–Trinajstić information content (AvgIpc) is 2.78. The molecule has 0 aliphatic carbocycles. The van der Waals surface area contributed by atoms with Crippen molar-refractivity contribution in [2.24, 2.45) is 0 Å². The number of thiophene rings is 1. The van der Waals surface area contributed by atoms with E-state index in [2.05, 4.69) is 69.8 Å². The third-order valence-electron chi connectivity index (χ3n) is 3.38. The molecule has 0 bridgehead atoms. The highest BCUT2D eigenvalue weighted by atomic mass is 79.9. The Kier molecular flexibility index (Phi) is 2.23. The van der Waals surface area contributed by atoms with Crippen LogP contribution in [0.2, 0.25) is 0 Å². The first-order valence-electron chi connectivity index (χ1n) is 5.81. The van der Waals surface area contributed by atoms with Gasteiger partial charge in [-0.25, -0.2) is 0 Å². The third kappa shape index (κ3) is 1.43. The Morgan fingerprint density at radius 1 is 0.833 bits per heavy atom. The Morgan fingerprint density at radius 3 is 2.44 bits per heavy atom. The SMILES string of the molecule is Brc1csc2ccc3cc4ccccc4cc3c12. The summed E-state index contributed by atoms with van der Waals surface area (Å²) >= 11 is 5.45. The molecule has 0 saturated heterocycles. The van der Waals surface area contributed by atoms with Crippen molar-refractivity contribution in [2.45, 2.75) is 0 Å². The van der Waals surface area contributed by atoms with Crippen molar-refractivity contribution >= 4 is 58.9 Å². The summed E-state index contributed by atoms with van der Waals surface area (Å²) in [5.74, 6) is 0. The fourth-order valence-electron chi connectivity index (χ4n) is 2.51. The highest BCUT2D eigenvalue weighted by Crippen LogP contribution is 2.37. The minimum atomic E-state index is 1.20. The molecule has 0 atom stereocenters. The van der Waals surface area contributed by atoms with Crippen LogP contribution < -0.4 is 0 Å². The molecule has 0 saturated carbocycles. The van der Waals surface area contributed by atoms with Crippen molar-refractivity contribution in [1.29, 1.82) is 0 Å². The van der Waals surface area contributed by atoms with Crippen molar-refractivity contribution in [3.05, 3.63) is 58.4 Å². The van der Waals surface area contributed by atoms with Gasteiger partial charge in [-0.2, -0.15) is 0 Å². The van der Waals surface area contributed by atoms with Crippen molar-refractivity contribution in [3.63, 3.8) is 0 Å². The molecule has 4 aromatic rings. The van der Waals surface area contributed by atoms with Gasteiger partial charge in [0.2, 0.25) is 0 Å². The maximum Gasteiger partial charge on any atom is 0.0367 e. The van der Waals surface area contributed by atoms with Crippen LogP contribution in [0.25, 0.3) is 31.6 Å². The topological polar surface area (TPSA) is 0 Å². The normalized spacial score (nSPS) is 11.6. The lowest BCUT2D eigenvalue weighted by Gasteiger charge is -2.04. The Balaban J connectivity index is 2.30. The lowest BCUT2D eigenvalue weighted by molar-refractivity contribution is 1.80. The zero-order valence-corrected chi connectivity index (χ0v) is 11.9. The highest BCUT2D eigenvalue weighted by Gasteiger charge is 2.07. The van der Waals surface area contributed by atoms with Crippen LogP contribution >= 0.6 is 27.3 Å². The monoisotopic (exact) mass is 312 g/mol. The first-order chi connectivity index (χ1) is 8.83. The Labute approximate surface area is 117 Å². The van der Waals surface area contributed by atoms with Crippen LogP contribution in [-0.4, -0.2) is 0 Å². The van der Waals surface area contributed by atoms with E-state index >= 15 is 0 Å². The lowest BCUT2D eigenvalue weighted by Crippen LogP contribution is -1.77. The molecule has 0 spiro atoms. The number of hydrogen-bond donors (Lipinski definition) is 0. The van der Waals surface area contributed by atoms with Crippen LogP contribution in [-0.2, 0) is 0 Å². The zero-order chi connectivity index (χ0) is 12.1. The Morgan fingerprint density at radius 2 is 1.61 bits per heavy atom. The molecule has 18 heavy (non-hydrogen) atoms. The summed E-state index contributed by atoms with van der Waals surface area (Å²) in [5, 5.41) is 8.74. The molecule has 0 unspecified atom stereocenters. The van der Waals surface area contributed by atoms with Gasteiger partial charge in [0.05, 0.1) is 0 Å². The fraction of sp³-hybridized carbons (Fsp3) is 0. The van der Waals surface area contributed by atoms with Gasteiger partial charge >= 0.3 is 0 Å². The van der Waals surface area contributed by atoms with E-state index in [4.69, 9.17) is 0 Å². The standard InChI is InChI=1S/C16H9BrS/c17-14-9-18-15-6-5-12-7-10-3-1-2-4-11(10)8-13(12)16(14)15/h1-9H. The maximum absolute atomic E-state index is 3.66. The second-order valence-corrected chi connectivity index (χ2v) is 6.21. The quantitative estimate of drug-likeness (QED) is 0.351. The number of halogens is 1. The molecule has 0 amide bonds. The summed E-state index contributed by atoms with van der Waals surface area (Å²) in [6.07, 6.45) is 0. The summed E-state index contributed by atoms with van der Waals surface area (Å²) in [5.41, 5.74) is 0. The summed E-state index contributed by atoms with van der Waals surface area (Å²) in [4.78, 5) is 0. The Bertz CT molecular complexity index is 889. The van der Waals surface area contributed by atoms with Gasteiger partial charge in [-0.1, -0.05) is 30.3 Å². The van der Waals surface area contributed by atoms with Gasteiger partial charge in [0.15, 0.2) is 0 Å². The smallest absolute Gasteiger partial charge is 0.0367 e. The minimum Gasteiger partial charge on any atom is -0.143 e. The summed E-state index contributed by atoms with van der Waals surface area (Å²) in [6.45, 7) is 0. The third-order valence-corrected chi connectivity index (χ3v) is 5.25. The molecule has 0 radical (unpaired) electrons. The molecule has 4 rings (SSSR count). The summed E-state index contributed by atoms with van der Waals surface area (Å²) < 4.78 is 2.54. The van der Waals surface area contributed by atoms with Gasteiger partial charge in [0.1, 0.15) is 0 Å². The lowest BCUT2D eigenvalue weighted by atomic mass is 10.0. The maximum atomic E-state index is 3.66. The molecular formula is C16H9BrS. The van der Waals surface area contributed by atoms with E-state index in [0.29, 0.717) is 0 Å². The van der Waals surface area contributed by atoms with Gasteiger partial charge in [-0.05, 0) is 55.7 Å². The van der Waals surface area contributed by atoms with Gasteiger partial charge in [0.25, 0.3) is 0 Å². The predicted molar refractivity (Wildman–Crippen MR) is 84.5 cm³/mol. The second-order valence-electron chi connectivity index (χ2n) is 4.44. The van der Waals surface area contributed by atoms with Gasteiger partial charge in [-0.15, -0.1) is 11.3 Å². The summed E-state index contributed by atoms with van der Waals surface area (Å²) in [6, 6.07) is 17.5. The highest BCUT2D eigenvalue weighted by molar-refractivity contribution is 9.10. The molecule has 0 nitrogen and oxygen atoms in total. The van der Waals surface area contributed by atoms with Gasteiger partial charge < -0.3 is 0 Å². The van der Waals surface area contributed by atoms with E-state index < -0.39 is 0 Å². The molecule has 86 valence electrons. The average molecular weight is 313 g/mol. The Hall–Kier alpha value is -1.38. The molecule has 2 heteroatoms. The molecule has 0 aliphatic rings. The number of rotatable bonds is 0. The molecular weight excluding hydrogens is 304 g/mol. The number of benzene rings is 3. The van der Waals surface area contributed by atoms with E-state index in [-0.39, 0.29) is 0 Å². The first kappa shape index (κ1) is 10.5. The van der Waals surface area contributed by atoms with Crippen molar-refractivity contribution < 1.29 is 0 Å². The molecule has 3 aromatic carbocycles. The van der Waals surface area contributed by atoms with Crippen LogP contribution in [0.1, 0.15) is 0 Å². The molecule has 1 heterocycles. The van der Waals surface area contributed by atoms with E-state index in [1.54, 1.807) is 11.3 Å². The molecule has 1 aromatic heterocycles. The molecule has 0 fully saturated rings. The van der Waals surface area contributed by atoms with E-state index in [0.717, 1.165) is 0 Å². The van der Waals surface area contributed by atoms with Crippen LogP contribution in [0, 0.1) is 0 Å². The number of fused-ring (bicyclic) bond motifs is 4. The van der Waals surface area contributed by atoms with Gasteiger partial charge in [0, 0.05) is 19.9 Å². The minimum absolute atomic E-state index is 1.20. The second kappa shape index (κ2) is 3.81. The summed E-state index contributed by atoms with van der Waals surface area (Å²) in [7, 11) is 0. The fourth-order valence-corrected chi connectivity index (χ4v) is 4.18.